The molecule has 0 aromatic heterocycles. The Morgan fingerprint density at radius 2 is 0.536 bits per heavy atom. The zero-order valence-electron chi connectivity index (χ0n) is 32.5. The van der Waals surface area contributed by atoms with Crippen molar-refractivity contribution in [2.75, 3.05) is 0 Å². The number of rotatable bonds is 8. The fraction of sp³-hybridized carbons (Fsp3) is 0.130. The standard InChI is InChI=1S/2C23H22N2O2.2Zn/c2*1-15-12-16(2)23(25-14-19-9-5-7-11-21(19)27)17(3)22(15)24-13-18-8-4-6-10-20(18)26;;/h2*4-14,26-27H,1-3H3;;/q;;2*+2/p-4. The molecule has 0 fully saturated rings. The minimum absolute atomic E-state index is 0. The summed E-state index contributed by atoms with van der Waals surface area (Å²) in [5.74, 6) is -0.245. The molecular weight excluding hydrogens is 803 g/mol. The first-order valence-corrected chi connectivity index (χ1v) is 17.4. The van der Waals surface area contributed by atoms with Crippen LogP contribution in [0, 0.1) is 41.5 Å². The summed E-state index contributed by atoms with van der Waals surface area (Å²) in [6, 6.07) is 31.2. The van der Waals surface area contributed by atoms with Crippen molar-refractivity contribution in [1.29, 1.82) is 0 Å². The Kier molecular flexibility index (Phi) is 16.8. The molecule has 6 rings (SSSR count). The first-order chi connectivity index (χ1) is 25.9. The molecule has 0 aliphatic carbocycles. The van der Waals surface area contributed by atoms with E-state index in [0.717, 1.165) is 56.1 Å². The number of hydrogen-bond acceptors (Lipinski definition) is 8. The van der Waals surface area contributed by atoms with Crippen LogP contribution in [0.4, 0.5) is 22.7 Å². The molecule has 0 spiro atoms. The summed E-state index contributed by atoms with van der Waals surface area (Å²) >= 11 is 0. The molecular formula is C46H40N4O4Zn2. The van der Waals surface area contributed by atoms with Crippen molar-refractivity contribution in [1.82, 2.24) is 0 Å². The van der Waals surface area contributed by atoms with Gasteiger partial charge in [-0.15, -0.1) is 23.0 Å². The average Bonchev–Trinajstić information content (AvgIpc) is 3.14. The number of aliphatic imine (C=N–C) groups is 4. The summed E-state index contributed by atoms with van der Waals surface area (Å²) in [6.45, 7) is 11.8. The first-order valence-electron chi connectivity index (χ1n) is 17.4. The third-order valence-corrected chi connectivity index (χ3v) is 8.79. The van der Waals surface area contributed by atoms with Gasteiger partial charge in [0.05, 0.1) is 22.7 Å². The zero-order chi connectivity index (χ0) is 38.8. The zero-order valence-corrected chi connectivity index (χ0v) is 38.5. The summed E-state index contributed by atoms with van der Waals surface area (Å²) in [5, 5.41) is 47.5. The molecule has 0 saturated carbocycles. The molecule has 0 aliphatic rings. The Morgan fingerprint density at radius 1 is 0.339 bits per heavy atom. The minimum Gasteiger partial charge on any atom is -0.872 e. The molecule has 0 saturated heterocycles. The number of aryl methyl sites for hydroxylation is 4. The molecule has 272 valence electrons. The van der Waals surface area contributed by atoms with Crippen LogP contribution in [0.25, 0.3) is 0 Å². The fourth-order valence-corrected chi connectivity index (χ4v) is 6.01. The second-order valence-corrected chi connectivity index (χ2v) is 12.8. The van der Waals surface area contributed by atoms with Gasteiger partial charge in [0.15, 0.2) is 0 Å². The van der Waals surface area contributed by atoms with Crippen LogP contribution < -0.4 is 20.4 Å². The van der Waals surface area contributed by atoms with Gasteiger partial charge in [0.2, 0.25) is 0 Å². The van der Waals surface area contributed by atoms with Crippen LogP contribution >= 0.6 is 0 Å². The molecule has 56 heavy (non-hydrogen) atoms. The van der Waals surface area contributed by atoms with E-state index in [9.17, 15) is 20.4 Å². The van der Waals surface area contributed by atoms with Crippen LogP contribution in [0.15, 0.2) is 129 Å². The van der Waals surface area contributed by atoms with Crippen molar-refractivity contribution >= 4 is 47.6 Å². The van der Waals surface area contributed by atoms with Crippen LogP contribution in [0.3, 0.4) is 0 Å². The van der Waals surface area contributed by atoms with Gasteiger partial charge in [0.1, 0.15) is 0 Å². The molecule has 0 radical (unpaired) electrons. The van der Waals surface area contributed by atoms with E-state index in [4.69, 9.17) is 0 Å². The Hall–Kier alpha value is -5.55. The van der Waals surface area contributed by atoms with E-state index < -0.39 is 0 Å². The van der Waals surface area contributed by atoms with Gasteiger partial charge in [-0.3, -0.25) is 20.0 Å². The third-order valence-electron chi connectivity index (χ3n) is 8.79. The number of nitrogens with zero attached hydrogens (tertiary/aromatic N) is 4. The molecule has 6 aromatic carbocycles. The molecule has 8 nitrogen and oxygen atoms in total. The van der Waals surface area contributed by atoms with Gasteiger partial charge in [0, 0.05) is 36.0 Å². The first kappa shape index (κ1) is 44.8. The van der Waals surface area contributed by atoms with E-state index in [1.54, 1.807) is 73.4 Å². The predicted octanol–water partition coefficient (Wildman–Crippen LogP) is 8.52. The Bertz CT molecular complexity index is 2090. The van der Waals surface area contributed by atoms with Gasteiger partial charge >= 0.3 is 39.0 Å². The number of hydrogen-bond donors (Lipinski definition) is 0. The van der Waals surface area contributed by atoms with Gasteiger partial charge in [0.25, 0.3) is 0 Å². The average molecular weight is 844 g/mol. The van der Waals surface area contributed by atoms with E-state index in [2.05, 4.69) is 20.0 Å². The van der Waals surface area contributed by atoms with Crippen molar-refractivity contribution in [2.45, 2.75) is 41.5 Å². The smallest absolute Gasteiger partial charge is 0.872 e. The van der Waals surface area contributed by atoms with E-state index in [1.165, 1.54) is 24.3 Å². The van der Waals surface area contributed by atoms with Crippen LogP contribution in [-0.4, -0.2) is 24.9 Å². The van der Waals surface area contributed by atoms with Gasteiger partial charge in [-0.1, -0.05) is 109 Å². The Balaban J connectivity index is 0.000000290. The molecule has 6 aromatic rings. The molecule has 0 unspecified atom stereocenters. The summed E-state index contributed by atoms with van der Waals surface area (Å²) in [5.41, 5.74) is 11.2. The van der Waals surface area contributed by atoms with E-state index >= 15 is 0 Å². The Labute approximate surface area is 354 Å². The summed E-state index contributed by atoms with van der Waals surface area (Å²) in [6.07, 6.45) is 6.36. The maximum Gasteiger partial charge on any atom is 2.00 e. The van der Waals surface area contributed by atoms with Crippen LogP contribution in [0.2, 0.25) is 0 Å². The van der Waals surface area contributed by atoms with Crippen LogP contribution in [0.1, 0.15) is 55.6 Å². The topological polar surface area (TPSA) is 142 Å². The molecule has 0 bridgehead atoms. The molecule has 0 amide bonds. The second kappa shape index (κ2) is 20.9. The third kappa shape index (κ3) is 11.3. The van der Waals surface area contributed by atoms with Crippen molar-refractivity contribution in [3.05, 3.63) is 165 Å². The monoisotopic (exact) mass is 840 g/mol. The fourth-order valence-electron chi connectivity index (χ4n) is 6.01. The van der Waals surface area contributed by atoms with E-state index in [1.807, 2.05) is 77.9 Å². The molecule has 0 N–H and O–H groups in total. The van der Waals surface area contributed by atoms with Crippen molar-refractivity contribution in [3.63, 3.8) is 0 Å². The molecule has 10 heteroatoms. The second-order valence-electron chi connectivity index (χ2n) is 12.8. The van der Waals surface area contributed by atoms with Crippen LogP contribution in [-0.2, 0) is 39.0 Å². The SMILES string of the molecule is Cc1cc(C)c(N=Cc2ccccc2[O-])c(C)c1N=Cc1ccccc1[O-].Cc1cc(C)c(N=Cc2ccccc2[O-])c(C)c1N=Cc1ccccc1[O-].[Zn+2].[Zn+2]. The number of benzene rings is 6. The van der Waals surface area contributed by atoms with Crippen molar-refractivity contribution in [3.8, 4) is 23.0 Å². The number of para-hydroxylation sites is 4. The normalized spacial score (nSPS) is 11.1. The molecule has 0 heterocycles. The summed E-state index contributed by atoms with van der Waals surface area (Å²) in [7, 11) is 0. The van der Waals surface area contributed by atoms with Crippen molar-refractivity contribution < 1.29 is 59.4 Å². The summed E-state index contributed by atoms with van der Waals surface area (Å²) in [4.78, 5) is 18.2. The van der Waals surface area contributed by atoms with Crippen molar-refractivity contribution in [2.24, 2.45) is 20.0 Å². The van der Waals surface area contributed by atoms with E-state index in [-0.39, 0.29) is 62.0 Å². The molecule has 0 aliphatic heterocycles. The van der Waals surface area contributed by atoms with Gasteiger partial charge < -0.3 is 20.4 Å². The Morgan fingerprint density at radius 3 is 0.732 bits per heavy atom. The van der Waals surface area contributed by atoms with Gasteiger partial charge in [-0.2, -0.15) is 0 Å². The maximum atomic E-state index is 11.9. The largest absolute Gasteiger partial charge is 2.00 e. The van der Waals surface area contributed by atoms with Gasteiger partial charge in [-0.25, -0.2) is 0 Å². The quantitative estimate of drug-likeness (QED) is 0.112. The minimum atomic E-state index is -0.0611. The predicted molar refractivity (Wildman–Crippen MR) is 214 cm³/mol. The van der Waals surface area contributed by atoms with Crippen LogP contribution in [0.5, 0.6) is 23.0 Å². The molecule has 0 atom stereocenters. The van der Waals surface area contributed by atoms with Gasteiger partial charge in [-0.05, 0) is 86.1 Å². The summed E-state index contributed by atoms with van der Waals surface area (Å²) < 4.78 is 0. The maximum absolute atomic E-state index is 11.9. The van der Waals surface area contributed by atoms with E-state index in [0.29, 0.717) is 22.3 Å².